The van der Waals surface area contributed by atoms with E-state index in [1.165, 1.54) is 6.42 Å². The highest BCUT2D eigenvalue weighted by Gasteiger charge is 1.83. The molecule has 0 amide bonds. The summed E-state index contributed by atoms with van der Waals surface area (Å²) < 4.78 is 0. The van der Waals surface area contributed by atoms with Crippen molar-refractivity contribution in [3.63, 3.8) is 0 Å². The summed E-state index contributed by atoms with van der Waals surface area (Å²) in [4.78, 5) is 0. The third-order valence-corrected chi connectivity index (χ3v) is 0.928. The summed E-state index contributed by atoms with van der Waals surface area (Å²) in [5.41, 5.74) is 0. The van der Waals surface area contributed by atoms with Crippen LogP contribution in [-0.4, -0.2) is 24.8 Å². The van der Waals surface area contributed by atoms with Crippen molar-refractivity contribution in [2.24, 2.45) is 0 Å². The fraction of sp³-hybridized carbons (Fsp3) is 1.00. The number of unbranched alkanes of at least 4 members (excludes halogenated alkanes) is 1. The van der Waals surface area contributed by atoms with Crippen molar-refractivity contribution in [3.05, 3.63) is 0 Å². The van der Waals surface area contributed by atoms with E-state index in [-0.39, 0.29) is 6.61 Å². The molecule has 8 heavy (non-hydrogen) atoms. The van der Waals surface area contributed by atoms with Crippen LogP contribution in [0.5, 0.6) is 0 Å². The van der Waals surface area contributed by atoms with Crippen molar-refractivity contribution >= 4 is 0 Å². The van der Waals surface area contributed by atoms with Gasteiger partial charge in [0.05, 0.1) is 6.61 Å². The lowest BCUT2D eigenvalue weighted by atomic mass is 10.3. The quantitative estimate of drug-likeness (QED) is 0.518. The van der Waals surface area contributed by atoms with E-state index in [2.05, 4.69) is 12.2 Å². The Hall–Kier alpha value is -0.0800. The summed E-state index contributed by atoms with van der Waals surface area (Å²) in [7, 11) is 0. The largest absolute Gasteiger partial charge is 0.395 e. The van der Waals surface area contributed by atoms with Crippen LogP contribution < -0.4 is 5.32 Å². The van der Waals surface area contributed by atoms with E-state index < -0.39 is 0 Å². The second kappa shape index (κ2) is 6.92. The van der Waals surface area contributed by atoms with Gasteiger partial charge in [-0.1, -0.05) is 13.3 Å². The fourth-order valence-corrected chi connectivity index (χ4v) is 0.452. The maximum absolute atomic E-state index is 8.27. The Morgan fingerprint density at radius 1 is 1.38 bits per heavy atom. The van der Waals surface area contributed by atoms with Crippen LogP contribution in [0.2, 0.25) is 0 Å². The second-order valence-corrected chi connectivity index (χ2v) is 1.75. The highest BCUT2D eigenvalue weighted by atomic mass is 16.3. The van der Waals surface area contributed by atoms with Crippen molar-refractivity contribution in [2.75, 3.05) is 19.7 Å². The van der Waals surface area contributed by atoms with Crippen LogP contribution in [-0.2, 0) is 0 Å². The van der Waals surface area contributed by atoms with E-state index in [4.69, 9.17) is 5.11 Å². The topological polar surface area (TPSA) is 34.3 Å². The summed E-state index contributed by atoms with van der Waals surface area (Å²) >= 11 is 0. The van der Waals surface area contributed by atoms with E-state index in [9.17, 15) is 0 Å². The first kappa shape index (κ1) is 7.92. The second-order valence-electron chi connectivity index (χ2n) is 1.75. The van der Waals surface area contributed by atoms with Crippen molar-refractivity contribution in [1.29, 1.82) is 0 Å². The Balaban J connectivity index is 2.53. The summed E-state index contributed by atoms with van der Waals surface area (Å²) in [6.07, 6.45) is 2.34. The molecule has 0 spiro atoms. The van der Waals surface area contributed by atoms with E-state index in [0.29, 0.717) is 6.54 Å². The number of rotatable bonds is 5. The lowest BCUT2D eigenvalue weighted by Gasteiger charge is -1.95. The van der Waals surface area contributed by atoms with E-state index in [1.54, 1.807) is 0 Å². The van der Waals surface area contributed by atoms with Crippen LogP contribution in [0.1, 0.15) is 19.8 Å². The lowest BCUT2D eigenvalue weighted by molar-refractivity contribution is 0.290. The highest BCUT2D eigenvalue weighted by Crippen LogP contribution is 1.81. The van der Waals surface area contributed by atoms with Gasteiger partial charge >= 0.3 is 0 Å². The SMILES string of the molecule is CCCC[N]CCO. The third-order valence-electron chi connectivity index (χ3n) is 0.928. The van der Waals surface area contributed by atoms with E-state index >= 15 is 0 Å². The zero-order chi connectivity index (χ0) is 6.24. The van der Waals surface area contributed by atoms with Crippen LogP contribution >= 0.6 is 0 Å². The van der Waals surface area contributed by atoms with Crippen molar-refractivity contribution in [2.45, 2.75) is 19.8 Å². The summed E-state index contributed by atoms with van der Waals surface area (Å²) in [6, 6.07) is 0. The van der Waals surface area contributed by atoms with Gasteiger partial charge in [0.15, 0.2) is 0 Å². The van der Waals surface area contributed by atoms with Gasteiger partial charge in [-0.25, -0.2) is 5.32 Å². The van der Waals surface area contributed by atoms with Crippen LogP contribution in [0.4, 0.5) is 0 Å². The molecule has 0 aromatic rings. The van der Waals surface area contributed by atoms with Gasteiger partial charge in [0.25, 0.3) is 0 Å². The number of aliphatic hydroxyl groups excluding tert-OH is 1. The predicted octanol–water partition coefficient (Wildman–Crippen LogP) is 0.383. The van der Waals surface area contributed by atoms with Gasteiger partial charge in [-0.3, -0.25) is 0 Å². The molecule has 0 aliphatic rings. The number of hydrogen-bond donors (Lipinski definition) is 1. The molecule has 0 saturated heterocycles. The number of nitrogens with zero attached hydrogens (tertiary/aromatic N) is 1. The summed E-state index contributed by atoms with van der Waals surface area (Å²) in [5.74, 6) is 0. The minimum atomic E-state index is 0.198. The molecule has 49 valence electrons. The molecule has 0 aliphatic heterocycles. The fourth-order valence-electron chi connectivity index (χ4n) is 0.452. The van der Waals surface area contributed by atoms with Crippen LogP contribution in [0, 0.1) is 0 Å². The normalized spacial score (nSPS) is 9.75. The minimum Gasteiger partial charge on any atom is -0.395 e. The first-order valence-corrected chi connectivity index (χ1v) is 3.16. The third kappa shape index (κ3) is 5.92. The molecule has 2 nitrogen and oxygen atoms in total. The molecule has 2 heteroatoms. The van der Waals surface area contributed by atoms with Crippen LogP contribution in [0.25, 0.3) is 0 Å². The summed E-state index contributed by atoms with van der Waals surface area (Å²) in [5, 5.41) is 12.3. The molecular weight excluding hydrogens is 102 g/mol. The predicted molar refractivity (Wildman–Crippen MR) is 33.9 cm³/mol. The molecule has 0 unspecified atom stereocenters. The van der Waals surface area contributed by atoms with Gasteiger partial charge in [0.1, 0.15) is 0 Å². The van der Waals surface area contributed by atoms with E-state index in [0.717, 1.165) is 13.0 Å². The molecule has 0 rings (SSSR count). The molecule has 0 saturated carbocycles. The molecule has 0 aromatic heterocycles. The molecule has 0 heterocycles. The number of hydrogen-bond acceptors (Lipinski definition) is 1. The molecule has 0 fully saturated rings. The lowest BCUT2D eigenvalue weighted by Crippen LogP contribution is -2.10. The molecule has 1 radical (unpaired) electrons. The Morgan fingerprint density at radius 2 is 2.12 bits per heavy atom. The average molecular weight is 116 g/mol. The standard InChI is InChI=1S/C6H14NO/c1-2-3-4-7-5-6-8/h8H,2-6H2,1H3. The zero-order valence-corrected chi connectivity index (χ0v) is 5.43. The molecular formula is C6H14NO. The monoisotopic (exact) mass is 116 g/mol. The van der Waals surface area contributed by atoms with Crippen molar-refractivity contribution in [1.82, 2.24) is 5.32 Å². The smallest absolute Gasteiger partial charge is 0.0572 e. The Kier molecular flexibility index (Phi) is 6.85. The van der Waals surface area contributed by atoms with Crippen LogP contribution in [0.15, 0.2) is 0 Å². The van der Waals surface area contributed by atoms with E-state index in [1.807, 2.05) is 0 Å². The van der Waals surface area contributed by atoms with Gasteiger partial charge in [-0.15, -0.1) is 0 Å². The van der Waals surface area contributed by atoms with Crippen LogP contribution in [0.3, 0.4) is 0 Å². The Morgan fingerprint density at radius 3 is 2.62 bits per heavy atom. The Labute approximate surface area is 50.9 Å². The van der Waals surface area contributed by atoms with Crippen molar-refractivity contribution in [3.8, 4) is 0 Å². The molecule has 0 aromatic carbocycles. The molecule has 0 atom stereocenters. The first-order chi connectivity index (χ1) is 3.91. The molecule has 1 N–H and O–H groups in total. The highest BCUT2D eigenvalue weighted by molar-refractivity contribution is 4.42. The van der Waals surface area contributed by atoms with Gasteiger partial charge in [-0.05, 0) is 6.42 Å². The van der Waals surface area contributed by atoms with Gasteiger partial charge in [0.2, 0.25) is 0 Å². The van der Waals surface area contributed by atoms with Gasteiger partial charge in [-0.2, -0.15) is 0 Å². The van der Waals surface area contributed by atoms with Gasteiger partial charge < -0.3 is 5.11 Å². The summed E-state index contributed by atoms with van der Waals surface area (Å²) in [6.45, 7) is 3.86. The average Bonchev–Trinajstić information content (AvgIpc) is 1.81. The molecule has 0 aliphatic carbocycles. The Bertz CT molecular complexity index is 33.5. The first-order valence-electron chi connectivity index (χ1n) is 3.16. The number of aliphatic hydroxyl groups is 1. The maximum Gasteiger partial charge on any atom is 0.0572 e. The minimum absolute atomic E-state index is 0.198. The van der Waals surface area contributed by atoms with Gasteiger partial charge in [0, 0.05) is 13.1 Å². The molecule has 0 bridgehead atoms. The van der Waals surface area contributed by atoms with Crippen molar-refractivity contribution < 1.29 is 5.11 Å². The maximum atomic E-state index is 8.27. The zero-order valence-electron chi connectivity index (χ0n) is 5.43.